The van der Waals surface area contributed by atoms with E-state index in [1.165, 1.54) is 5.56 Å². The molecule has 0 unspecified atom stereocenters. The molecule has 0 N–H and O–H groups in total. The number of hydrogen-bond donors (Lipinski definition) is 0. The maximum Gasteiger partial charge on any atom is 0.225 e. The minimum Gasteiger partial charge on any atom is -0.494 e. The van der Waals surface area contributed by atoms with Gasteiger partial charge in [-0.3, -0.25) is 0 Å². The van der Waals surface area contributed by atoms with Gasteiger partial charge in [0.2, 0.25) is 5.95 Å². The van der Waals surface area contributed by atoms with Crippen LogP contribution in [0, 0.1) is 6.92 Å². The highest BCUT2D eigenvalue weighted by molar-refractivity contribution is 5.88. The number of ether oxygens (including phenoxy) is 1. The Balaban J connectivity index is 1.59. The molecular formula is C19H21N5O. The number of aromatic nitrogens is 3. The van der Waals surface area contributed by atoms with Crippen LogP contribution in [0.2, 0.25) is 0 Å². The summed E-state index contributed by atoms with van der Waals surface area (Å²) >= 11 is 0. The number of fused-ring (bicyclic) bond motifs is 1. The Kier molecular flexibility index (Phi) is 4.09. The lowest BCUT2D eigenvalue weighted by atomic mass is 10.1. The summed E-state index contributed by atoms with van der Waals surface area (Å²) in [6, 6.07) is 10.1. The molecule has 0 amide bonds. The molecule has 0 spiro atoms. The zero-order valence-electron chi connectivity index (χ0n) is 14.5. The van der Waals surface area contributed by atoms with E-state index in [-0.39, 0.29) is 0 Å². The fourth-order valence-electron chi connectivity index (χ4n) is 3.29. The summed E-state index contributed by atoms with van der Waals surface area (Å²) in [6.07, 6.45) is 3.57. The first kappa shape index (κ1) is 15.6. The summed E-state index contributed by atoms with van der Waals surface area (Å²) in [5.41, 5.74) is 2.14. The van der Waals surface area contributed by atoms with Crippen molar-refractivity contribution < 1.29 is 4.74 Å². The van der Waals surface area contributed by atoms with Crippen molar-refractivity contribution in [3.05, 3.63) is 48.3 Å². The second kappa shape index (κ2) is 6.55. The van der Waals surface area contributed by atoms with Crippen LogP contribution in [0.1, 0.15) is 5.56 Å². The van der Waals surface area contributed by atoms with Crippen molar-refractivity contribution in [3.63, 3.8) is 0 Å². The van der Waals surface area contributed by atoms with Crippen LogP contribution in [0.5, 0.6) is 5.75 Å². The van der Waals surface area contributed by atoms with E-state index in [9.17, 15) is 0 Å². The molecule has 1 aliphatic heterocycles. The van der Waals surface area contributed by atoms with Gasteiger partial charge >= 0.3 is 0 Å². The van der Waals surface area contributed by atoms with E-state index in [4.69, 9.17) is 9.72 Å². The molecule has 3 aromatic rings. The number of anilines is 2. The lowest BCUT2D eigenvalue weighted by Crippen LogP contribution is -2.47. The molecule has 1 saturated heterocycles. The highest BCUT2D eigenvalue weighted by Gasteiger charge is 2.20. The second-order valence-corrected chi connectivity index (χ2v) is 6.18. The largest absolute Gasteiger partial charge is 0.494 e. The molecule has 0 aliphatic carbocycles. The van der Waals surface area contributed by atoms with Gasteiger partial charge in [-0.25, -0.2) is 15.0 Å². The number of nitrogens with zero attached hydrogens (tertiary/aromatic N) is 5. The molecule has 25 heavy (non-hydrogen) atoms. The first-order chi connectivity index (χ1) is 12.3. The number of rotatable bonds is 3. The van der Waals surface area contributed by atoms with Gasteiger partial charge < -0.3 is 14.5 Å². The summed E-state index contributed by atoms with van der Waals surface area (Å²) in [5.74, 6) is 2.62. The minimum absolute atomic E-state index is 0.798. The molecule has 4 rings (SSSR count). The number of piperazine rings is 1. The SMILES string of the molecule is COc1cccc2c(C)cc(N3CCN(c4ncccn4)CC3)nc12. The summed E-state index contributed by atoms with van der Waals surface area (Å²) in [6.45, 7) is 5.68. The molecule has 128 valence electrons. The molecule has 1 aliphatic rings. The topological polar surface area (TPSA) is 54.4 Å². The van der Waals surface area contributed by atoms with Crippen molar-refractivity contribution in [1.29, 1.82) is 0 Å². The smallest absolute Gasteiger partial charge is 0.225 e. The van der Waals surface area contributed by atoms with Crippen molar-refractivity contribution in [2.75, 3.05) is 43.1 Å². The number of methoxy groups -OCH3 is 1. The van der Waals surface area contributed by atoms with Crippen LogP contribution in [-0.2, 0) is 0 Å². The predicted octanol–water partition coefficient (Wildman–Crippen LogP) is 2.67. The van der Waals surface area contributed by atoms with E-state index in [0.29, 0.717) is 0 Å². The lowest BCUT2D eigenvalue weighted by Gasteiger charge is -2.35. The molecule has 6 heteroatoms. The maximum absolute atomic E-state index is 5.49. The van der Waals surface area contributed by atoms with Gasteiger partial charge in [-0.05, 0) is 30.7 Å². The average molecular weight is 335 g/mol. The number of benzene rings is 1. The second-order valence-electron chi connectivity index (χ2n) is 6.18. The van der Waals surface area contributed by atoms with Crippen molar-refractivity contribution in [2.24, 2.45) is 0 Å². The van der Waals surface area contributed by atoms with E-state index < -0.39 is 0 Å². The summed E-state index contributed by atoms with van der Waals surface area (Å²) in [5, 5.41) is 1.14. The third-order valence-corrected chi connectivity index (χ3v) is 4.65. The van der Waals surface area contributed by atoms with Gasteiger partial charge in [-0.15, -0.1) is 0 Å². The van der Waals surface area contributed by atoms with Gasteiger partial charge in [0.05, 0.1) is 7.11 Å². The molecule has 1 aromatic carbocycles. The van der Waals surface area contributed by atoms with Gasteiger partial charge in [0.25, 0.3) is 0 Å². The van der Waals surface area contributed by atoms with Crippen molar-refractivity contribution in [2.45, 2.75) is 6.92 Å². The Morgan fingerprint density at radius 3 is 2.40 bits per heavy atom. The average Bonchev–Trinajstić information content (AvgIpc) is 2.68. The molecule has 1 fully saturated rings. The summed E-state index contributed by atoms with van der Waals surface area (Å²) in [7, 11) is 1.69. The Hall–Kier alpha value is -2.89. The Morgan fingerprint density at radius 1 is 0.960 bits per heavy atom. The number of aryl methyl sites for hydroxylation is 1. The van der Waals surface area contributed by atoms with Gasteiger partial charge in [0, 0.05) is 44.0 Å². The fourth-order valence-corrected chi connectivity index (χ4v) is 3.29. The number of hydrogen-bond acceptors (Lipinski definition) is 6. The van der Waals surface area contributed by atoms with E-state index >= 15 is 0 Å². The number of pyridine rings is 1. The van der Waals surface area contributed by atoms with Gasteiger partial charge in [-0.2, -0.15) is 0 Å². The van der Waals surface area contributed by atoms with Gasteiger partial charge in [0.15, 0.2) is 0 Å². The Bertz CT molecular complexity index is 876. The third kappa shape index (κ3) is 2.95. The van der Waals surface area contributed by atoms with Crippen LogP contribution in [0.4, 0.5) is 11.8 Å². The van der Waals surface area contributed by atoms with Gasteiger partial charge in [0.1, 0.15) is 17.1 Å². The highest BCUT2D eigenvalue weighted by atomic mass is 16.5. The highest BCUT2D eigenvalue weighted by Crippen LogP contribution is 2.29. The zero-order valence-corrected chi connectivity index (χ0v) is 14.5. The lowest BCUT2D eigenvalue weighted by molar-refractivity contribution is 0.419. The molecule has 0 saturated carbocycles. The van der Waals surface area contributed by atoms with E-state index in [1.807, 2.05) is 18.2 Å². The molecule has 6 nitrogen and oxygen atoms in total. The van der Waals surface area contributed by atoms with E-state index in [0.717, 1.165) is 54.6 Å². The molecule has 2 aromatic heterocycles. The molecule has 0 bridgehead atoms. The number of para-hydroxylation sites is 1. The normalized spacial score (nSPS) is 14.8. The van der Waals surface area contributed by atoms with Crippen molar-refractivity contribution in [3.8, 4) is 5.75 Å². The fraction of sp³-hybridized carbons (Fsp3) is 0.316. The van der Waals surface area contributed by atoms with E-state index in [2.05, 4.69) is 38.8 Å². The first-order valence-electron chi connectivity index (χ1n) is 8.47. The first-order valence-corrected chi connectivity index (χ1v) is 8.47. The summed E-state index contributed by atoms with van der Waals surface area (Å²) in [4.78, 5) is 18.1. The predicted molar refractivity (Wildman–Crippen MR) is 99.5 cm³/mol. The minimum atomic E-state index is 0.798. The van der Waals surface area contributed by atoms with Gasteiger partial charge in [-0.1, -0.05) is 12.1 Å². The quantitative estimate of drug-likeness (QED) is 0.733. The monoisotopic (exact) mass is 335 g/mol. The Morgan fingerprint density at radius 2 is 1.68 bits per heavy atom. The standard InChI is InChI=1S/C19H21N5O/c1-14-13-17(22-18-15(14)5-3-6-16(18)25-2)23-9-11-24(12-10-23)19-20-7-4-8-21-19/h3-8,13H,9-12H2,1-2H3. The van der Waals surface area contributed by atoms with Crippen molar-refractivity contribution >= 4 is 22.7 Å². The molecule has 0 atom stereocenters. The van der Waals surface area contributed by atoms with E-state index in [1.54, 1.807) is 19.5 Å². The van der Waals surface area contributed by atoms with Crippen molar-refractivity contribution in [1.82, 2.24) is 15.0 Å². The molecule has 3 heterocycles. The van der Waals surface area contributed by atoms with Crippen LogP contribution in [0.15, 0.2) is 42.7 Å². The zero-order chi connectivity index (χ0) is 17.2. The van der Waals surface area contributed by atoms with Crippen LogP contribution in [0.25, 0.3) is 10.9 Å². The van der Waals surface area contributed by atoms with Crippen LogP contribution >= 0.6 is 0 Å². The maximum atomic E-state index is 5.49. The summed E-state index contributed by atoms with van der Waals surface area (Å²) < 4.78 is 5.49. The Labute approximate surface area is 147 Å². The molecule has 0 radical (unpaired) electrons. The van der Waals surface area contributed by atoms with Crippen LogP contribution in [0.3, 0.4) is 0 Å². The van der Waals surface area contributed by atoms with Crippen LogP contribution < -0.4 is 14.5 Å². The third-order valence-electron chi connectivity index (χ3n) is 4.65. The van der Waals surface area contributed by atoms with Crippen LogP contribution in [-0.4, -0.2) is 48.2 Å². The molecular weight excluding hydrogens is 314 g/mol.